The van der Waals surface area contributed by atoms with Gasteiger partial charge in [0.05, 0.1) is 16.8 Å². The van der Waals surface area contributed by atoms with Crippen molar-refractivity contribution in [3.05, 3.63) is 40.9 Å². The monoisotopic (exact) mass is 334 g/mol. The summed E-state index contributed by atoms with van der Waals surface area (Å²) in [5.74, 6) is 0.621. The average molecular weight is 335 g/mol. The van der Waals surface area contributed by atoms with E-state index in [1.165, 1.54) is 0 Å². The fourth-order valence-electron chi connectivity index (χ4n) is 2.70. The highest BCUT2D eigenvalue weighted by atomic mass is 35.5. The molecule has 1 N–H and O–H groups in total. The van der Waals surface area contributed by atoms with E-state index in [4.69, 9.17) is 11.6 Å². The van der Waals surface area contributed by atoms with Gasteiger partial charge in [-0.25, -0.2) is 9.67 Å². The predicted octanol–water partition coefficient (Wildman–Crippen LogP) is 2.08. The number of carbonyl (C=O) groups is 1. The quantitative estimate of drug-likeness (QED) is 0.929. The fraction of sp³-hybridized carbons (Fsp3) is 0.438. The summed E-state index contributed by atoms with van der Waals surface area (Å²) in [4.78, 5) is 18.5. The molecule has 0 radical (unpaired) electrons. The van der Waals surface area contributed by atoms with E-state index in [2.05, 4.69) is 10.1 Å². The number of benzene rings is 1. The molecule has 23 heavy (non-hydrogen) atoms. The van der Waals surface area contributed by atoms with Crippen LogP contribution in [0.2, 0.25) is 5.02 Å². The van der Waals surface area contributed by atoms with Crippen molar-refractivity contribution in [1.82, 2.24) is 19.7 Å². The summed E-state index contributed by atoms with van der Waals surface area (Å²) < 4.78 is 1.64. The Morgan fingerprint density at radius 1 is 1.43 bits per heavy atom. The third-order valence-electron chi connectivity index (χ3n) is 3.87. The van der Waals surface area contributed by atoms with Crippen molar-refractivity contribution in [2.75, 3.05) is 13.1 Å². The summed E-state index contributed by atoms with van der Waals surface area (Å²) in [5.41, 5.74) is 0.714. The molecule has 1 saturated heterocycles. The number of aromatic nitrogens is 3. The molecular formula is C16H19ClN4O2. The molecule has 1 amide bonds. The van der Waals surface area contributed by atoms with E-state index in [0.717, 1.165) is 6.42 Å². The lowest BCUT2D eigenvalue weighted by molar-refractivity contribution is 0.0753. The number of aryl methyl sites for hydroxylation is 1. The van der Waals surface area contributed by atoms with Crippen molar-refractivity contribution in [3.8, 4) is 5.69 Å². The lowest BCUT2D eigenvalue weighted by atomic mass is 10.3. The van der Waals surface area contributed by atoms with Gasteiger partial charge in [-0.1, -0.05) is 30.7 Å². The maximum atomic E-state index is 12.5. The number of rotatable bonds is 4. The Hall–Kier alpha value is -1.92. The molecule has 1 aromatic carbocycles. The van der Waals surface area contributed by atoms with Crippen molar-refractivity contribution in [1.29, 1.82) is 0 Å². The van der Waals surface area contributed by atoms with E-state index in [9.17, 15) is 9.90 Å². The van der Waals surface area contributed by atoms with Crippen LogP contribution in [0.3, 0.4) is 0 Å². The first-order chi connectivity index (χ1) is 11.1. The Morgan fingerprint density at radius 3 is 2.87 bits per heavy atom. The number of nitrogens with zero attached hydrogens (tertiary/aromatic N) is 4. The number of hydrogen-bond acceptors (Lipinski definition) is 4. The normalized spacial score (nSPS) is 17.7. The minimum atomic E-state index is -0.459. The molecule has 0 spiro atoms. The Morgan fingerprint density at radius 2 is 2.22 bits per heavy atom. The van der Waals surface area contributed by atoms with Gasteiger partial charge in [-0.2, -0.15) is 0 Å². The number of halogens is 1. The van der Waals surface area contributed by atoms with E-state index in [-0.39, 0.29) is 11.7 Å². The molecule has 1 aliphatic rings. The molecule has 0 saturated carbocycles. The van der Waals surface area contributed by atoms with Crippen LogP contribution in [0.25, 0.3) is 5.69 Å². The Labute approximate surface area is 139 Å². The number of carbonyl (C=O) groups excluding carboxylic acids is 1. The van der Waals surface area contributed by atoms with E-state index in [1.54, 1.807) is 15.6 Å². The van der Waals surface area contributed by atoms with Gasteiger partial charge in [0.2, 0.25) is 5.82 Å². The summed E-state index contributed by atoms with van der Waals surface area (Å²) >= 11 is 6.25. The maximum absolute atomic E-state index is 12.5. The van der Waals surface area contributed by atoms with E-state index < -0.39 is 6.10 Å². The molecule has 2 heterocycles. The summed E-state index contributed by atoms with van der Waals surface area (Å²) in [6, 6.07) is 7.35. The van der Waals surface area contributed by atoms with Crippen molar-refractivity contribution in [2.45, 2.75) is 32.3 Å². The minimum Gasteiger partial charge on any atom is -0.391 e. The van der Waals surface area contributed by atoms with Crippen molar-refractivity contribution in [2.24, 2.45) is 0 Å². The first-order valence-electron chi connectivity index (χ1n) is 7.78. The third kappa shape index (κ3) is 3.23. The summed E-state index contributed by atoms with van der Waals surface area (Å²) in [6.07, 6.45) is 1.73. The zero-order valence-electron chi connectivity index (χ0n) is 12.9. The molecule has 0 unspecified atom stereocenters. The van der Waals surface area contributed by atoms with E-state index >= 15 is 0 Å². The highest BCUT2D eigenvalue weighted by Crippen LogP contribution is 2.21. The summed E-state index contributed by atoms with van der Waals surface area (Å²) in [6.45, 7) is 2.91. The van der Waals surface area contributed by atoms with Gasteiger partial charge in [0.1, 0.15) is 5.82 Å². The topological polar surface area (TPSA) is 71.2 Å². The molecule has 6 nitrogen and oxygen atoms in total. The number of likely N-dealkylation sites (tertiary alicyclic amines) is 1. The molecule has 7 heteroatoms. The van der Waals surface area contributed by atoms with Crippen LogP contribution in [0.4, 0.5) is 0 Å². The molecule has 2 aromatic rings. The van der Waals surface area contributed by atoms with Crippen molar-refractivity contribution >= 4 is 17.5 Å². The number of hydrogen-bond donors (Lipinski definition) is 1. The number of aliphatic hydroxyl groups excluding tert-OH is 1. The van der Waals surface area contributed by atoms with Crippen LogP contribution in [0.15, 0.2) is 24.3 Å². The molecule has 1 aliphatic heterocycles. The van der Waals surface area contributed by atoms with Crippen molar-refractivity contribution in [3.63, 3.8) is 0 Å². The van der Waals surface area contributed by atoms with Gasteiger partial charge >= 0.3 is 0 Å². The Bertz CT molecular complexity index is 716. The van der Waals surface area contributed by atoms with Gasteiger partial charge in [0.25, 0.3) is 5.91 Å². The van der Waals surface area contributed by atoms with Gasteiger partial charge in [-0.05, 0) is 25.0 Å². The van der Waals surface area contributed by atoms with Crippen LogP contribution in [0.5, 0.6) is 0 Å². The van der Waals surface area contributed by atoms with Gasteiger partial charge in [-0.15, -0.1) is 5.10 Å². The van der Waals surface area contributed by atoms with Gasteiger partial charge < -0.3 is 10.0 Å². The van der Waals surface area contributed by atoms with E-state index in [1.807, 2.05) is 25.1 Å². The SMILES string of the molecule is CCCc1nc(C(=O)N2CC[C@@H](O)C2)nn1-c1ccccc1Cl. The second-order valence-electron chi connectivity index (χ2n) is 5.66. The molecule has 3 rings (SSSR count). The Balaban J connectivity index is 1.96. The lowest BCUT2D eigenvalue weighted by Crippen LogP contribution is -2.30. The number of aliphatic hydroxyl groups is 1. The highest BCUT2D eigenvalue weighted by molar-refractivity contribution is 6.32. The van der Waals surface area contributed by atoms with Crippen LogP contribution in [-0.4, -0.2) is 49.9 Å². The van der Waals surface area contributed by atoms with Gasteiger partial charge in [0.15, 0.2) is 0 Å². The van der Waals surface area contributed by atoms with Gasteiger partial charge in [0, 0.05) is 19.5 Å². The number of para-hydroxylation sites is 1. The molecule has 0 bridgehead atoms. The summed E-state index contributed by atoms with van der Waals surface area (Å²) in [5, 5.41) is 14.5. The lowest BCUT2D eigenvalue weighted by Gasteiger charge is -2.12. The standard InChI is InChI=1S/C16H19ClN4O2/c1-2-5-14-18-15(16(23)20-9-8-11(22)10-20)19-21(14)13-7-4-3-6-12(13)17/h3-4,6-7,11,22H,2,5,8-10H2,1H3/t11-/m1/s1. The van der Waals surface area contributed by atoms with Crippen LogP contribution < -0.4 is 0 Å². The molecule has 1 aromatic heterocycles. The van der Waals surface area contributed by atoms with Crippen LogP contribution in [0.1, 0.15) is 36.2 Å². The first-order valence-corrected chi connectivity index (χ1v) is 8.16. The molecule has 122 valence electrons. The molecule has 0 aliphatic carbocycles. The zero-order chi connectivity index (χ0) is 16.4. The summed E-state index contributed by atoms with van der Waals surface area (Å²) in [7, 11) is 0. The predicted molar refractivity (Wildman–Crippen MR) is 86.9 cm³/mol. The number of amides is 1. The molecule has 1 fully saturated rings. The zero-order valence-corrected chi connectivity index (χ0v) is 13.7. The fourth-order valence-corrected chi connectivity index (χ4v) is 2.92. The second kappa shape index (κ2) is 6.68. The van der Waals surface area contributed by atoms with E-state index in [0.29, 0.717) is 42.5 Å². The minimum absolute atomic E-state index is 0.155. The van der Waals surface area contributed by atoms with Crippen molar-refractivity contribution < 1.29 is 9.90 Å². The Kier molecular flexibility index (Phi) is 4.63. The average Bonchev–Trinajstić information content (AvgIpc) is 3.14. The number of β-amino-alcohol motifs (C(OH)–C–C–N with tert-alkyl or cyclic N) is 1. The smallest absolute Gasteiger partial charge is 0.293 e. The third-order valence-corrected chi connectivity index (χ3v) is 4.19. The highest BCUT2D eigenvalue weighted by Gasteiger charge is 2.28. The second-order valence-corrected chi connectivity index (χ2v) is 6.07. The van der Waals surface area contributed by atoms with Crippen LogP contribution in [0, 0.1) is 0 Å². The molecular weight excluding hydrogens is 316 g/mol. The van der Waals surface area contributed by atoms with Crippen LogP contribution in [-0.2, 0) is 6.42 Å². The first kappa shape index (κ1) is 16.0. The molecule has 1 atom stereocenters. The maximum Gasteiger partial charge on any atom is 0.293 e. The van der Waals surface area contributed by atoms with Crippen LogP contribution >= 0.6 is 11.6 Å². The largest absolute Gasteiger partial charge is 0.391 e. The van der Waals surface area contributed by atoms with Gasteiger partial charge in [-0.3, -0.25) is 4.79 Å².